The second kappa shape index (κ2) is 6.20. The smallest absolute Gasteiger partial charge is 0.326 e. The summed E-state index contributed by atoms with van der Waals surface area (Å²) in [6.07, 6.45) is 1.60. The van der Waals surface area contributed by atoms with Crippen LogP contribution >= 0.6 is 11.6 Å². The van der Waals surface area contributed by atoms with Crippen LogP contribution in [0.15, 0.2) is 48.7 Å². The highest BCUT2D eigenvalue weighted by atomic mass is 35.5. The van der Waals surface area contributed by atoms with E-state index >= 15 is 0 Å². The first-order chi connectivity index (χ1) is 10.6. The third-order valence-electron chi connectivity index (χ3n) is 3.49. The van der Waals surface area contributed by atoms with E-state index in [2.05, 4.69) is 11.1 Å². The number of halogens is 1. The molecule has 2 heterocycles. The molecule has 3 aromatic rings. The van der Waals surface area contributed by atoms with Crippen molar-refractivity contribution in [2.75, 3.05) is 0 Å². The zero-order valence-corrected chi connectivity index (χ0v) is 12.9. The summed E-state index contributed by atoms with van der Waals surface area (Å²) < 4.78 is 7.26. The summed E-state index contributed by atoms with van der Waals surface area (Å²) in [6.45, 7) is 2.37. The van der Waals surface area contributed by atoms with E-state index in [1.807, 2.05) is 35.8 Å². The highest BCUT2D eigenvalue weighted by Gasteiger charge is 2.10. The van der Waals surface area contributed by atoms with Gasteiger partial charge in [-0.15, -0.1) is 0 Å². The second-order valence-electron chi connectivity index (χ2n) is 5.08. The monoisotopic (exact) mass is 314 g/mol. The number of aryl methyl sites for hydroxylation is 1. The standard InChI is InChI=1S/C17H15ClN2O2/c1-12-8-14-4-2-3-5-15(14)20(12)10-17(21)22-11-13-6-7-16(18)19-9-13/h2-9H,10-11H2,1H3. The first kappa shape index (κ1) is 14.6. The van der Waals surface area contributed by atoms with E-state index in [-0.39, 0.29) is 19.1 Å². The Morgan fingerprint density at radius 3 is 2.86 bits per heavy atom. The van der Waals surface area contributed by atoms with Gasteiger partial charge in [0.15, 0.2) is 0 Å². The third kappa shape index (κ3) is 3.12. The van der Waals surface area contributed by atoms with Gasteiger partial charge in [0.2, 0.25) is 0 Å². The number of hydrogen-bond acceptors (Lipinski definition) is 3. The van der Waals surface area contributed by atoms with Gasteiger partial charge in [-0.2, -0.15) is 0 Å². The Bertz CT molecular complexity index is 809. The molecular formula is C17H15ClN2O2. The van der Waals surface area contributed by atoms with Gasteiger partial charge in [-0.05, 0) is 30.5 Å². The quantitative estimate of drug-likeness (QED) is 0.544. The van der Waals surface area contributed by atoms with E-state index in [9.17, 15) is 4.79 Å². The largest absolute Gasteiger partial charge is 0.459 e. The van der Waals surface area contributed by atoms with Gasteiger partial charge in [0.25, 0.3) is 0 Å². The number of aromatic nitrogens is 2. The number of para-hydroxylation sites is 1. The number of fused-ring (bicyclic) bond motifs is 1. The SMILES string of the molecule is Cc1cc2ccccc2n1CC(=O)OCc1ccc(Cl)nc1. The Morgan fingerprint density at radius 1 is 1.27 bits per heavy atom. The molecule has 0 bridgehead atoms. The zero-order chi connectivity index (χ0) is 15.5. The fourth-order valence-electron chi connectivity index (χ4n) is 2.39. The van der Waals surface area contributed by atoms with Gasteiger partial charge in [0.1, 0.15) is 18.3 Å². The third-order valence-corrected chi connectivity index (χ3v) is 3.72. The van der Waals surface area contributed by atoms with Gasteiger partial charge in [0, 0.05) is 23.0 Å². The molecule has 0 amide bonds. The minimum atomic E-state index is -0.278. The fourth-order valence-corrected chi connectivity index (χ4v) is 2.50. The van der Waals surface area contributed by atoms with Gasteiger partial charge in [-0.25, -0.2) is 4.98 Å². The minimum Gasteiger partial charge on any atom is -0.459 e. The maximum atomic E-state index is 12.1. The van der Waals surface area contributed by atoms with Gasteiger partial charge < -0.3 is 9.30 Å². The van der Waals surface area contributed by atoms with Crippen molar-refractivity contribution < 1.29 is 9.53 Å². The summed E-state index contributed by atoms with van der Waals surface area (Å²) >= 11 is 5.72. The molecule has 5 heteroatoms. The molecule has 0 aliphatic rings. The molecule has 3 rings (SSSR count). The molecule has 0 aliphatic heterocycles. The van der Waals surface area contributed by atoms with Crippen molar-refractivity contribution in [3.63, 3.8) is 0 Å². The molecule has 0 aliphatic carbocycles. The molecule has 0 unspecified atom stereocenters. The molecule has 0 N–H and O–H groups in total. The van der Waals surface area contributed by atoms with Crippen LogP contribution < -0.4 is 0 Å². The van der Waals surface area contributed by atoms with Gasteiger partial charge in [0.05, 0.1) is 0 Å². The first-order valence-corrected chi connectivity index (χ1v) is 7.32. The lowest BCUT2D eigenvalue weighted by Crippen LogP contribution is -2.14. The number of carbonyl (C=O) groups is 1. The molecule has 2 aromatic heterocycles. The van der Waals surface area contributed by atoms with Crippen LogP contribution in [-0.2, 0) is 22.7 Å². The highest BCUT2D eigenvalue weighted by molar-refractivity contribution is 6.29. The van der Waals surface area contributed by atoms with Crippen LogP contribution in [0.1, 0.15) is 11.3 Å². The second-order valence-corrected chi connectivity index (χ2v) is 5.47. The number of nitrogens with zero attached hydrogens (tertiary/aromatic N) is 2. The van der Waals surface area contributed by atoms with Crippen LogP contribution in [0.2, 0.25) is 5.15 Å². The maximum Gasteiger partial charge on any atom is 0.326 e. The van der Waals surface area contributed by atoms with Crippen molar-refractivity contribution in [1.82, 2.24) is 9.55 Å². The molecule has 112 valence electrons. The number of pyridine rings is 1. The summed E-state index contributed by atoms with van der Waals surface area (Å²) in [6, 6.07) is 13.5. The van der Waals surface area contributed by atoms with E-state index in [4.69, 9.17) is 16.3 Å². The first-order valence-electron chi connectivity index (χ1n) is 6.94. The van der Waals surface area contributed by atoms with Crippen LogP contribution in [-0.4, -0.2) is 15.5 Å². The molecule has 0 atom stereocenters. The summed E-state index contributed by atoms with van der Waals surface area (Å²) in [5.41, 5.74) is 2.88. The highest BCUT2D eigenvalue weighted by Crippen LogP contribution is 2.19. The molecule has 0 spiro atoms. The van der Waals surface area contributed by atoms with E-state index in [0.717, 1.165) is 22.2 Å². The average molecular weight is 315 g/mol. The lowest BCUT2D eigenvalue weighted by Gasteiger charge is -2.09. The number of esters is 1. The van der Waals surface area contributed by atoms with Crippen LogP contribution in [0, 0.1) is 6.92 Å². The van der Waals surface area contributed by atoms with Gasteiger partial charge >= 0.3 is 5.97 Å². The molecule has 0 saturated heterocycles. The van der Waals surface area contributed by atoms with E-state index in [1.54, 1.807) is 18.3 Å². The molecule has 22 heavy (non-hydrogen) atoms. The molecule has 0 fully saturated rings. The average Bonchev–Trinajstić information content (AvgIpc) is 2.83. The molecule has 0 radical (unpaired) electrons. The predicted octanol–water partition coefficient (Wildman–Crippen LogP) is 3.74. The summed E-state index contributed by atoms with van der Waals surface area (Å²) in [5.74, 6) is -0.278. The molecule has 4 nitrogen and oxygen atoms in total. The Balaban J connectivity index is 1.68. The minimum absolute atomic E-state index is 0.195. The zero-order valence-electron chi connectivity index (χ0n) is 12.1. The maximum absolute atomic E-state index is 12.1. The van der Waals surface area contributed by atoms with Crippen LogP contribution in [0.5, 0.6) is 0 Å². The van der Waals surface area contributed by atoms with Gasteiger partial charge in [-0.1, -0.05) is 35.9 Å². The number of hydrogen-bond donors (Lipinski definition) is 0. The Kier molecular flexibility index (Phi) is 4.11. The topological polar surface area (TPSA) is 44.1 Å². The van der Waals surface area contributed by atoms with E-state index in [1.165, 1.54) is 0 Å². The van der Waals surface area contributed by atoms with Gasteiger partial charge in [-0.3, -0.25) is 4.79 Å². The summed E-state index contributed by atoms with van der Waals surface area (Å²) in [4.78, 5) is 16.0. The molecular weight excluding hydrogens is 300 g/mol. The van der Waals surface area contributed by atoms with E-state index < -0.39 is 0 Å². The van der Waals surface area contributed by atoms with Crippen molar-refractivity contribution in [2.45, 2.75) is 20.1 Å². The number of rotatable bonds is 4. The Morgan fingerprint density at radius 2 is 2.09 bits per heavy atom. The Labute approximate surface area is 133 Å². The fraction of sp³-hybridized carbons (Fsp3) is 0.176. The molecule has 0 saturated carbocycles. The summed E-state index contributed by atoms with van der Waals surface area (Å²) in [5, 5.41) is 1.54. The van der Waals surface area contributed by atoms with Crippen LogP contribution in [0.25, 0.3) is 10.9 Å². The van der Waals surface area contributed by atoms with Crippen LogP contribution in [0.4, 0.5) is 0 Å². The van der Waals surface area contributed by atoms with Crippen molar-refractivity contribution >= 4 is 28.5 Å². The lowest BCUT2D eigenvalue weighted by molar-refractivity contribution is -0.145. The van der Waals surface area contributed by atoms with Crippen LogP contribution in [0.3, 0.4) is 0 Å². The number of carbonyl (C=O) groups excluding carboxylic acids is 1. The van der Waals surface area contributed by atoms with Crippen molar-refractivity contribution in [1.29, 1.82) is 0 Å². The van der Waals surface area contributed by atoms with E-state index in [0.29, 0.717) is 5.15 Å². The van der Waals surface area contributed by atoms with Crippen molar-refractivity contribution in [2.24, 2.45) is 0 Å². The predicted molar refractivity (Wildman–Crippen MR) is 85.7 cm³/mol. The molecule has 1 aromatic carbocycles. The van der Waals surface area contributed by atoms with Crippen molar-refractivity contribution in [3.05, 3.63) is 65.1 Å². The number of benzene rings is 1. The number of ether oxygens (including phenoxy) is 1. The Hall–Kier alpha value is -2.33. The van der Waals surface area contributed by atoms with Crippen molar-refractivity contribution in [3.8, 4) is 0 Å². The lowest BCUT2D eigenvalue weighted by atomic mass is 10.2. The summed E-state index contributed by atoms with van der Waals surface area (Å²) in [7, 11) is 0. The normalized spacial score (nSPS) is 10.8.